The zero-order valence-corrected chi connectivity index (χ0v) is 11.8. The number of nitrogens with two attached hydrogens (primary N) is 1. The van der Waals surface area contributed by atoms with Crippen LogP contribution in [0.1, 0.15) is 23.7 Å². The highest BCUT2D eigenvalue weighted by Crippen LogP contribution is 2.28. The first-order chi connectivity index (χ1) is 10.0. The van der Waals surface area contributed by atoms with Gasteiger partial charge in [0.25, 0.3) is 5.91 Å². The summed E-state index contributed by atoms with van der Waals surface area (Å²) in [6, 6.07) is 11.2. The van der Waals surface area contributed by atoms with Crippen molar-refractivity contribution >= 4 is 17.3 Å². The average molecular weight is 286 g/mol. The highest BCUT2D eigenvalue weighted by Gasteiger charge is 2.19. The number of nitrogen functional groups attached to an aromatic ring is 1. The molecule has 4 N–H and O–H groups in total. The normalized spacial score (nSPS) is 10.3. The van der Waals surface area contributed by atoms with E-state index in [9.17, 15) is 15.0 Å². The highest BCUT2D eigenvalue weighted by molar-refractivity contribution is 6.07. The molecule has 0 heterocycles. The third-order valence-electron chi connectivity index (χ3n) is 3.14. The number of benzene rings is 2. The van der Waals surface area contributed by atoms with Crippen molar-refractivity contribution in [3.8, 4) is 11.5 Å². The van der Waals surface area contributed by atoms with Crippen LogP contribution < -0.4 is 10.6 Å². The van der Waals surface area contributed by atoms with Crippen molar-refractivity contribution in [2.45, 2.75) is 13.3 Å². The summed E-state index contributed by atoms with van der Waals surface area (Å²) in [5.41, 5.74) is 7.38. The molecule has 0 saturated carbocycles. The number of para-hydroxylation sites is 2. The van der Waals surface area contributed by atoms with Gasteiger partial charge in [-0.2, -0.15) is 0 Å². The van der Waals surface area contributed by atoms with E-state index in [0.717, 1.165) is 6.42 Å². The maximum Gasteiger partial charge on any atom is 0.258 e. The zero-order valence-electron chi connectivity index (χ0n) is 11.8. The van der Waals surface area contributed by atoms with Gasteiger partial charge >= 0.3 is 0 Å². The molecule has 0 aromatic heterocycles. The van der Waals surface area contributed by atoms with E-state index >= 15 is 0 Å². The number of carbonyl (C=O) groups is 1. The first kappa shape index (κ1) is 14.7. The molecule has 0 aliphatic rings. The molecule has 1 amide bonds. The molecule has 2 aromatic carbocycles. The van der Waals surface area contributed by atoms with E-state index < -0.39 is 0 Å². The van der Waals surface area contributed by atoms with Gasteiger partial charge in [-0.1, -0.05) is 19.1 Å². The Morgan fingerprint density at radius 2 is 1.86 bits per heavy atom. The van der Waals surface area contributed by atoms with E-state index in [1.807, 2.05) is 13.0 Å². The summed E-state index contributed by atoms with van der Waals surface area (Å²) in [6.07, 6.45) is 0.768. The molecular formula is C16H18N2O3. The van der Waals surface area contributed by atoms with E-state index in [0.29, 0.717) is 23.5 Å². The predicted molar refractivity (Wildman–Crippen MR) is 82.6 cm³/mol. The Balaban J connectivity index is 2.40. The van der Waals surface area contributed by atoms with Gasteiger partial charge in [-0.15, -0.1) is 0 Å². The summed E-state index contributed by atoms with van der Waals surface area (Å²) in [5, 5.41) is 18.9. The van der Waals surface area contributed by atoms with E-state index in [1.54, 1.807) is 23.1 Å². The van der Waals surface area contributed by atoms with Gasteiger partial charge in [-0.25, -0.2) is 0 Å². The number of rotatable bonds is 4. The molecule has 0 radical (unpaired) electrons. The number of amides is 1. The summed E-state index contributed by atoms with van der Waals surface area (Å²) < 4.78 is 0. The maximum atomic E-state index is 12.6. The highest BCUT2D eigenvalue weighted by atomic mass is 16.3. The molecule has 5 nitrogen and oxygen atoms in total. The fourth-order valence-electron chi connectivity index (χ4n) is 2.10. The summed E-state index contributed by atoms with van der Waals surface area (Å²) in [5.74, 6) is -0.851. The summed E-state index contributed by atoms with van der Waals surface area (Å²) in [7, 11) is 0. The Labute approximate surface area is 123 Å². The predicted octanol–water partition coefficient (Wildman–Crippen LogP) is 2.74. The molecule has 0 bridgehead atoms. The molecule has 2 aromatic rings. The fourth-order valence-corrected chi connectivity index (χ4v) is 2.10. The van der Waals surface area contributed by atoms with Gasteiger partial charge in [0.05, 0.1) is 11.4 Å². The smallest absolute Gasteiger partial charge is 0.258 e. The van der Waals surface area contributed by atoms with Gasteiger partial charge < -0.3 is 20.8 Å². The van der Waals surface area contributed by atoms with Crippen molar-refractivity contribution in [1.82, 2.24) is 0 Å². The topological polar surface area (TPSA) is 86.8 Å². The van der Waals surface area contributed by atoms with Crippen molar-refractivity contribution in [1.29, 1.82) is 0 Å². The summed E-state index contributed by atoms with van der Waals surface area (Å²) in [4.78, 5) is 14.2. The minimum absolute atomic E-state index is 0.257. The van der Waals surface area contributed by atoms with Gasteiger partial charge in [-0.3, -0.25) is 4.79 Å². The lowest BCUT2D eigenvalue weighted by atomic mass is 10.1. The van der Waals surface area contributed by atoms with Crippen LogP contribution in [0.25, 0.3) is 0 Å². The second-order valence-corrected chi connectivity index (χ2v) is 4.72. The van der Waals surface area contributed by atoms with Crippen LogP contribution in [0.5, 0.6) is 11.5 Å². The molecule has 0 atom stereocenters. The Bertz CT molecular complexity index is 656. The molecule has 110 valence electrons. The Kier molecular flexibility index (Phi) is 4.33. The van der Waals surface area contributed by atoms with Crippen LogP contribution in [-0.4, -0.2) is 22.7 Å². The molecule has 0 spiro atoms. The van der Waals surface area contributed by atoms with Gasteiger partial charge in [0.15, 0.2) is 11.5 Å². The Hall–Kier alpha value is -2.69. The molecule has 0 aliphatic heterocycles. The fraction of sp³-hybridized carbons (Fsp3) is 0.188. The molecular weight excluding hydrogens is 268 g/mol. The molecule has 5 heteroatoms. The molecule has 0 unspecified atom stereocenters. The number of aromatic hydroxyl groups is 2. The van der Waals surface area contributed by atoms with Crippen LogP contribution in [0.4, 0.5) is 11.4 Å². The standard InChI is InChI=1S/C16H18N2O3/c1-2-9-18(13-6-4-3-5-12(13)17)16(21)11-7-8-14(19)15(20)10-11/h3-8,10,19-20H,2,9,17H2,1H3. The number of phenolic OH excluding ortho intramolecular Hbond substituents is 2. The maximum absolute atomic E-state index is 12.6. The van der Waals surface area contributed by atoms with Crippen LogP contribution in [0.2, 0.25) is 0 Å². The van der Waals surface area contributed by atoms with Gasteiger partial charge in [0.2, 0.25) is 0 Å². The Morgan fingerprint density at radius 3 is 2.48 bits per heavy atom. The molecule has 0 saturated heterocycles. The van der Waals surface area contributed by atoms with Crippen molar-refractivity contribution in [3.05, 3.63) is 48.0 Å². The average Bonchev–Trinajstić information content (AvgIpc) is 2.48. The number of hydrogen-bond donors (Lipinski definition) is 3. The number of nitrogens with zero attached hydrogens (tertiary/aromatic N) is 1. The Morgan fingerprint density at radius 1 is 1.14 bits per heavy atom. The molecule has 2 rings (SSSR count). The van der Waals surface area contributed by atoms with Crippen LogP contribution >= 0.6 is 0 Å². The van der Waals surface area contributed by atoms with Crippen molar-refractivity contribution in [2.75, 3.05) is 17.2 Å². The zero-order chi connectivity index (χ0) is 15.4. The van der Waals surface area contributed by atoms with E-state index in [-0.39, 0.29) is 17.4 Å². The van der Waals surface area contributed by atoms with Crippen molar-refractivity contribution in [3.63, 3.8) is 0 Å². The van der Waals surface area contributed by atoms with Crippen LogP contribution in [0, 0.1) is 0 Å². The largest absolute Gasteiger partial charge is 0.504 e. The van der Waals surface area contributed by atoms with Gasteiger partial charge in [0.1, 0.15) is 0 Å². The number of anilines is 2. The summed E-state index contributed by atoms with van der Waals surface area (Å²) in [6.45, 7) is 2.47. The number of phenols is 2. The molecule has 0 fully saturated rings. The van der Waals surface area contributed by atoms with E-state index in [1.165, 1.54) is 18.2 Å². The molecule has 0 aliphatic carbocycles. The molecule has 21 heavy (non-hydrogen) atoms. The van der Waals surface area contributed by atoms with E-state index in [2.05, 4.69) is 0 Å². The lowest BCUT2D eigenvalue weighted by Gasteiger charge is -2.24. The minimum atomic E-state index is -0.321. The van der Waals surface area contributed by atoms with Crippen molar-refractivity contribution in [2.24, 2.45) is 0 Å². The second kappa shape index (κ2) is 6.17. The van der Waals surface area contributed by atoms with Gasteiger partial charge in [0, 0.05) is 12.1 Å². The van der Waals surface area contributed by atoms with Crippen LogP contribution in [0.3, 0.4) is 0 Å². The minimum Gasteiger partial charge on any atom is -0.504 e. The number of hydrogen-bond acceptors (Lipinski definition) is 4. The quantitative estimate of drug-likeness (QED) is 0.596. The monoisotopic (exact) mass is 286 g/mol. The lowest BCUT2D eigenvalue weighted by Crippen LogP contribution is -2.32. The van der Waals surface area contributed by atoms with Crippen molar-refractivity contribution < 1.29 is 15.0 Å². The third-order valence-corrected chi connectivity index (χ3v) is 3.14. The SMILES string of the molecule is CCCN(C(=O)c1ccc(O)c(O)c1)c1ccccc1N. The van der Waals surface area contributed by atoms with Crippen LogP contribution in [-0.2, 0) is 0 Å². The number of carbonyl (C=O) groups excluding carboxylic acids is 1. The van der Waals surface area contributed by atoms with Gasteiger partial charge in [-0.05, 0) is 36.8 Å². The van der Waals surface area contributed by atoms with Crippen LogP contribution in [0.15, 0.2) is 42.5 Å². The van der Waals surface area contributed by atoms with E-state index in [4.69, 9.17) is 5.73 Å². The summed E-state index contributed by atoms with van der Waals surface area (Å²) >= 11 is 0. The first-order valence-corrected chi connectivity index (χ1v) is 6.73. The lowest BCUT2D eigenvalue weighted by molar-refractivity contribution is 0.0986. The first-order valence-electron chi connectivity index (χ1n) is 6.73. The second-order valence-electron chi connectivity index (χ2n) is 4.72. The third kappa shape index (κ3) is 3.08.